The van der Waals surface area contributed by atoms with E-state index in [0.717, 1.165) is 12.1 Å². The highest BCUT2D eigenvalue weighted by Crippen LogP contribution is 2.29. The molecule has 146 valence electrons. The Balaban J connectivity index is 1.96. The molecule has 0 aliphatic heterocycles. The fraction of sp³-hybridized carbons (Fsp3) is 0.278. The number of rotatable bonds is 7. The van der Waals surface area contributed by atoms with Crippen molar-refractivity contribution in [3.63, 3.8) is 0 Å². The molecule has 0 aromatic heterocycles. The molecule has 6 nitrogen and oxygen atoms in total. The van der Waals surface area contributed by atoms with Crippen molar-refractivity contribution in [2.24, 2.45) is 0 Å². The maximum atomic E-state index is 12.1. The Morgan fingerprint density at radius 3 is 2.26 bits per heavy atom. The van der Waals surface area contributed by atoms with E-state index in [1.165, 1.54) is 26.4 Å². The van der Waals surface area contributed by atoms with Crippen LogP contribution in [0.3, 0.4) is 0 Å². The van der Waals surface area contributed by atoms with Gasteiger partial charge in [-0.05, 0) is 42.0 Å². The molecular formula is C18H18F3NO5. The van der Waals surface area contributed by atoms with E-state index in [4.69, 9.17) is 9.47 Å². The summed E-state index contributed by atoms with van der Waals surface area (Å²) in [5.41, 5.74) is 0.630. The topological polar surface area (TPSA) is 77.0 Å². The maximum absolute atomic E-state index is 12.1. The molecule has 0 bridgehead atoms. The van der Waals surface area contributed by atoms with Crippen LogP contribution in [0, 0.1) is 0 Å². The molecule has 2 aromatic carbocycles. The number of methoxy groups -OCH3 is 2. The van der Waals surface area contributed by atoms with E-state index in [0.29, 0.717) is 17.1 Å². The molecule has 0 heterocycles. The van der Waals surface area contributed by atoms with Crippen molar-refractivity contribution in [3.8, 4) is 17.2 Å². The summed E-state index contributed by atoms with van der Waals surface area (Å²) in [6, 6.07) is 9.29. The van der Waals surface area contributed by atoms with Crippen LogP contribution >= 0.6 is 0 Å². The van der Waals surface area contributed by atoms with Gasteiger partial charge in [-0.2, -0.15) is 0 Å². The van der Waals surface area contributed by atoms with Gasteiger partial charge in [0.25, 0.3) is 5.91 Å². The summed E-state index contributed by atoms with van der Waals surface area (Å²) in [7, 11) is 2.95. The first-order chi connectivity index (χ1) is 12.7. The van der Waals surface area contributed by atoms with Crippen molar-refractivity contribution in [1.29, 1.82) is 0 Å². The highest BCUT2D eigenvalue weighted by atomic mass is 19.4. The van der Waals surface area contributed by atoms with Crippen LogP contribution in [0.2, 0.25) is 0 Å². The quantitative estimate of drug-likeness (QED) is 0.766. The van der Waals surface area contributed by atoms with Crippen molar-refractivity contribution in [2.75, 3.05) is 20.8 Å². The molecule has 0 fully saturated rings. The zero-order valence-electron chi connectivity index (χ0n) is 14.5. The number of nitrogens with one attached hydrogen (secondary N) is 1. The summed E-state index contributed by atoms with van der Waals surface area (Å²) in [5.74, 6) is -0.0446. The number of carbonyl (C=O) groups excluding carboxylic acids is 1. The fourth-order valence-corrected chi connectivity index (χ4v) is 2.28. The molecule has 2 N–H and O–H groups in total. The van der Waals surface area contributed by atoms with E-state index in [1.54, 1.807) is 18.2 Å². The summed E-state index contributed by atoms with van der Waals surface area (Å²) in [6.07, 6.45) is -5.81. The molecule has 2 aromatic rings. The van der Waals surface area contributed by atoms with E-state index in [1.807, 2.05) is 0 Å². The predicted octanol–water partition coefficient (Wildman–Crippen LogP) is 3.07. The van der Waals surface area contributed by atoms with Crippen LogP contribution in [0.25, 0.3) is 0 Å². The van der Waals surface area contributed by atoms with E-state index < -0.39 is 24.1 Å². The average molecular weight is 385 g/mol. The van der Waals surface area contributed by atoms with Crippen LogP contribution in [-0.4, -0.2) is 38.1 Å². The molecule has 0 unspecified atom stereocenters. The van der Waals surface area contributed by atoms with Crippen LogP contribution in [-0.2, 0) is 0 Å². The summed E-state index contributed by atoms with van der Waals surface area (Å²) in [6.45, 7) is -0.102. The summed E-state index contributed by atoms with van der Waals surface area (Å²) in [5, 5.41) is 12.7. The molecule has 1 amide bonds. The molecule has 1 atom stereocenters. The van der Waals surface area contributed by atoms with E-state index in [2.05, 4.69) is 10.1 Å². The number of hydrogen-bond acceptors (Lipinski definition) is 5. The smallest absolute Gasteiger partial charge is 0.493 e. The normalized spacial score (nSPS) is 12.2. The van der Waals surface area contributed by atoms with Gasteiger partial charge in [-0.3, -0.25) is 4.79 Å². The number of ether oxygens (including phenoxy) is 3. The lowest BCUT2D eigenvalue weighted by atomic mass is 10.1. The lowest BCUT2D eigenvalue weighted by Gasteiger charge is -2.15. The number of benzene rings is 2. The zero-order chi connectivity index (χ0) is 20.0. The maximum Gasteiger partial charge on any atom is 0.573 e. The second-order valence-corrected chi connectivity index (χ2v) is 5.41. The molecular weight excluding hydrogens is 367 g/mol. The SMILES string of the molecule is COc1ccc([C@H](O)CNC(=O)c2ccc(OC(F)(F)F)cc2)cc1OC. The highest BCUT2D eigenvalue weighted by Gasteiger charge is 2.31. The lowest BCUT2D eigenvalue weighted by molar-refractivity contribution is -0.274. The van der Waals surface area contributed by atoms with Crippen molar-refractivity contribution < 1.29 is 37.3 Å². The number of aliphatic hydroxyl groups excluding tert-OH is 1. The number of amides is 1. The first-order valence-electron chi connectivity index (χ1n) is 7.77. The van der Waals surface area contributed by atoms with Crippen LogP contribution in [0.15, 0.2) is 42.5 Å². The van der Waals surface area contributed by atoms with Crippen molar-refractivity contribution >= 4 is 5.91 Å². The monoisotopic (exact) mass is 385 g/mol. The Hall–Kier alpha value is -2.94. The Labute approximate surface area is 153 Å². The van der Waals surface area contributed by atoms with E-state index in [9.17, 15) is 23.1 Å². The Kier molecular flexibility index (Phi) is 6.51. The second kappa shape index (κ2) is 8.63. The molecule has 0 aliphatic rings. The van der Waals surface area contributed by atoms with Crippen LogP contribution in [0.5, 0.6) is 17.2 Å². The summed E-state index contributed by atoms with van der Waals surface area (Å²) in [4.78, 5) is 12.1. The van der Waals surface area contributed by atoms with Crippen LogP contribution in [0.1, 0.15) is 22.0 Å². The van der Waals surface area contributed by atoms with E-state index >= 15 is 0 Å². The first-order valence-corrected chi connectivity index (χ1v) is 7.77. The summed E-state index contributed by atoms with van der Waals surface area (Å²) >= 11 is 0. The predicted molar refractivity (Wildman–Crippen MR) is 90.0 cm³/mol. The second-order valence-electron chi connectivity index (χ2n) is 5.41. The van der Waals surface area contributed by atoms with Gasteiger partial charge in [0, 0.05) is 12.1 Å². The van der Waals surface area contributed by atoms with Crippen LogP contribution in [0.4, 0.5) is 13.2 Å². The third-order valence-electron chi connectivity index (χ3n) is 3.60. The number of aliphatic hydroxyl groups is 1. The Morgan fingerprint density at radius 2 is 1.70 bits per heavy atom. The lowest BCUT2D eigenvalue weighted by Crippen LogP contribution is -2.28. The van der Waals surface area contributed by atoms with Gasteiger partial charge in [-0.25, -0.2) is 0 Å². The largest absolute Gasteiger partial charge is 0.573 e. The molecule has 0 saturated carbocycles. The number of carbonyl (C=O) groups is 1. The molecule has 0 aliphatic carbocycles. The standard InChI is InChI=1S/C18H18F3NO5/c1-25-15-8-5-12(9-16(15)26-2)14(23)10-22-17(24)11-3-6-13(7-4-11)27-18(19,20)21/h3-9,14,23H,10H2,1-2H3,(H,22,24)/t14-/m1/s1. The first kappa shape index (κ1) is 20.4. The minimum absolute atomic E-state index is 0.102. The van der Waals surface area contributed by atoms with Gasteiger partial charge in [-0.15, -0.1) is 13.2 Å². The molecule has 0 saturated heterocycles. The molecule has 2 rings (SSSR count). The van der Waals surface area contributed by atoms with Crippen molar-refractivity contribution in [3.05, 3.63) is 53.6 Å². The number of halogens is 3. The number of alkyl halides is 3. The summed E-state index contributed by atoms with van der Waals surface area (Å²) < 4.78 is 50.4. The average Bonchev–Trinajstić information content (AvgIpc) is 2.64. The minimum Gasteiger partial charge on any atom is -0.493 e. The van der Waals surface area contributed by atoms with Crippen molar-refractivity contribution in [1.82, 2.24) is 5.32 Å². The third-order valence-corrected chi connectivity index (χ3v) is 3.60. The number of hydrogen-bond donors (Lipinski definition) is 2. The van der Waals surface area contributed by atoms with Gasteiger partial charge >= 0.3 is 6.36 Å². The van der Waals surface area contributed by atoms with Gasteiger partial charge < -0.3 is 24.6 Å². The zero-order valence-corrected chi connectivity index (χ0v) is 14.5. The molecule has 27 heavy (non-hydrogen) atoms. The molecule has 0 spiro atoms. The Bertz CT molecular complexity index is 778. The van der Waals surface area contributed by atoms with Gasteiger partial charge in [0.15, 0.2) is 11.5 Å². The van der Waals surface area contributed by atoms with Gasteiger partial charge in [0.05, 0.1) is 20.3 Å². The highest BCUT2D eigenvalue weighted by molar-refractivity contribution is 5.94. The Morgan fingerprint density at radius 1 is 1.07 bits per heavy atom. The van der Waals surface area contributed by atoms with Crippen LogP contribution < -0.4 is 19.5 Å². The fourth-order valence-electron chi connectivity index (χ4n) is 2.28. The van der Waals surface area contributed by atoms with Gasteiger partial charge in [0.2, 0.25) is 0 Å². The molecule has 9 heteroatoms. The van der Waals surface area contributed by atoms with Gasteiger partial charge in [0.1, 0.15) is 5.75 Å². The minimum atomic E-state index is -4.80. The molecule has 0 radical (unpaired) electrons. The van der Waals surface area contributed by atoms with Gasteiger partial charge in [-0.1, -0.05) is 6.07 Å². The van der Waals surface area contributed by atoms with Crippen molar-refractivity contribution in [2.45, 2.75) is 12.5 Å². The third kappa shape index (κ3) is 5.78. The van der Waals surface area contributed by atoms with E-state index in [-0.39, 0.29) is 12.1 Å².